The number of hydrogen-bond donors (Lipinski definition) is 4. The second-order valence-corrected chi connectivity index (χ2v) is 6.70. The molecule has 0 aromatic heterocycles. The zero-order valence-electron chi connectivity index (χ0n) is 14.1. The van der Waals surface area contributed by atoms with Crippen LogP contribution in [0.25, 0.3) is 0 Å². The highest BCUT2D eigenvalue weighted by Crippen LogP contribution is 2.27. The Morgan fingerprint density at radius 2 is 1.70 bits per heavy atom. The van der Waals surface area contributed by atoms with Crippen LogP contribution < -0.4 is 22.1 Å². The molecule has 2 atom stereocenters. The van der Waals surface area contributed by atoms with Crippen molar-refractivity contribution in [3.63, 3.8) is 0 Å². The molecule has 1 aliphatic rings. The standard InChI is InChI=1S/C16H30N4O3/c1-10(2)14(15(18)22)20-16(23)12(19-13(21)9-17)8-11-6-4-3-5-7-11/h10-12,14H,3-9,17H2,1-2H3,(H2,18,22)(H,19,21)(H,20,23). The van der Waals surface area contributed by atoms with Gasteiger partial charge in [0.2, 0.25) is 17.7 Å². The summed E-state index contributed by atoms with van der Waals surface area (Å²) in [6.45, 7) is 3.45. The Morgan fingerprint density at radius 3 is 2.17 bits per heavy atom. The van der Waals surface area contributed by atoms with Crippen molar-refractivity contribution in [1.82, 2.24) is 10.6 Å². The van der Waals surface area contributed by atoms with E-state index in [0.29, 0.717) is 12.3 Å². The van der Waals surface area contributed by atoms with Crippen molar-refractivity contribution in [2.45, 2.75) is 64.5 Å². The maximum atomic E-state index is 12.5. The predicted molar refractivity (Wildman–Crippen MR) is 88.1 cm³/mol. The van der Waals surface area contributed by atoms with E-state index in [2.05, 4.69) is 10.6 Å². The molecule has 0 aromatic rings. The zero-order chi connectivity index (χ0) is 17.4. The Balaban J connectivity index is 2.73. The maximum absolute atomic E-state index is 12.5. The van der Waals surface area contributed by atoms with Crippen LogP contribution in [0.15, 0.2) is 0 Å². The van der Waals surface area contributed by atoms with Crippen LogP contribution >= 0.6 is 0 Å². The van der Waals surface area contributed by atoms with Crippen molar-refractivity contribution in [3.8, 4) is 0 Å². The van der Waals surface area contributed by atoms with E-state index in [1.54, 1.807) is 0 Å². The molecule has 0 aromatic carbocycles. The highest BCUT2D eigenvalue weighted by atomic mass is 16.2. The third kappa shape index (κ3) is 6.56. The number of nitrogens with two attached hydrogens (primary N) is 2. The Morgan fingerprint density at radius 1 is 1.09 bits per heavy atom. The molecule has 2 unspecified atom stereocenters. The molecule has 23 heavy (non-hydrogen) atoms. The first-order valence-corrected chi connectivity index (χ1v) is 8.44. The van der Waals surface area contributed by atoms with Crippen LogP contribution in [0, 0.1) is 11.8 Å². The fourth-order valence-corrected chi connectivity index (χ4v) is 3.06. The number of nitrogens with one attached hydrogen (secondary N) is 2. The fraction of sp³-hybridized carbons (Fsp3) is 0.812. The number of primary amides is 1. The predicted octanol–water partition coefficient (Wildman–Crippen LogP) is 0.0264. The molecular formula is C16H30N4O3. The first kappa shape index (κ1) is 19.4. The van der Waals surface area contributed by atoms with E-state index in [4.69, 9.17) is 11.5 Å². The smallest absolute Gasteiger partial charge is 0.243 e. The van der Waals surface area contributed by atoms with E-state index in [-0.39, 0.29) is 24.3 Å². The molecule has 1 saturated carbocycles. The summed E-state index contributed by atoms with van der Waals surface area (Å²) in [7, 11) is 0. The molecule has 7 nitrogen and oxygen atoms in total. The largest absolute Gasteiger partial charge is 0.368 e. The quantitative estimate of drug-likeness (QED) is 0.501. The summed E-state index contributed by atoms with van der Waals surface area (Å²) in [4.78, 5) is 35.6. The van der Waals surface area contributed by atoms with Gasteiger partial charge in [-0.1, -0.05) is 46.0 Å². The third-order valence-corrected chi connectivity index (χ3v) is 4.40. The van der Waals surface area contributed by atoms with Crippen molar-refractivity contribution in [3.05, 3.63) is 0 Å². The monoisotopic (exact) mass is 326 g/mol. The van der Waals surface area contributed by atoms with E-state index in [1.165, 1.54) is 6.42 Å². The minimum atomic E-state index is -0.744. The minimum absolute atomic E-state index is 0.114. The number of hydrogen-bond acceptors (Lipinski definition) is 4. The lowest BCUT2D eigenvalue weighted by atomic mass is 9.84. The molecular weight excluding hydrogens is 296 g/mol. The molecule has 0 spiro atoms. The number of carbonyl (C=O) groups excluding carboxylic acids is 3. The lowest BCUT2D eigenvalue weighted by molar-refractivity contribution is -0.132. The molecule has 1 rings (SSSR count). The van der Waals surface area contributed by atoms with Crippen LogP contribution in [0.4, 0.5) is 0 Å². The first-order valence-electron chi connectivity index (χ1n) is 8.44. The van der Waals surface area contributed by atoms with Crippen LogP contribution in [-0.2, 0) is 14.4 Å². The Hall–Kier alpha value is -1.63. The average Bonchev–Trinajstić information content (AvgIpc) is 2.51. The normalized spacial score (nSPS) is 18.3. The van der Waals surface area contributed by atoms with Gasteiger partial charge >= 0.3 is 0 Å². The Kier molecular flexibility index (Phi) is 8.02. The van der Waals surface area contributed by atoms with E-state index < -0.39 is 18.0 Å². The van der Waals surface area contributed by atoms with Gasteiger partial charge in [-0.25, -0.2) is 0 Å². The maximum Gasteiger partial charge on any atom is 0.243 e. The fourth-order valence-electron chi connectivity index (χ4n) is 3.06. The molecule has 7 heteroatoms. The molecule has 0 saturated heterocycles. The minimum Gasteiger partial charge on any atom is -0.368 e. The lowest BCUT2D eigenvalue weighted by Gasteiger charge is -2.28. The van der Waals surface area contributed by atoms with Crippen LogP contribution in [-0.4, -0.2) is 36.3 Å². The number of carbonyl (C=O) groups is 3. The van der Waals surface area contributed by atoms with E-state index >= 15 is 0 Å². The third-order valence-electron chi connectivity index (χ3n) is 4.40. The summed E-state index contributed by atoms with van der Waals surface area (Å²) in [5.74, 6) is -1.02. The summed E-state index contributed by atoms with van der Waals surface area (Å²) in [6, 6.07) is -1.42. The molecule has 0 heterocycles. The molecule has 0 aliphatic heterocycles. The first-order chi connectivity index (χ1) is 10.8. The Labute approximate surface area is 137 Å². The summed E-state index contributed by atoms with van der Waals surface area (Å²) in [6.07, 6.45) is 6.22. The van der Waals surface area contributed by atoms with Gasteiger partial charge < -0.3 is 22.1 Å². The zero-order valence-corrected chi connectivity index (χ0v) is 14.1. The van der Waals surface area contributed by atoms with Gasteiger partial charge in [0.15, 0.2) is 0 Å². The van der Waals surface area contributed by atoms with Gasteiger partial charge in [-0.05, 0) is 18.3 Å². The molecule has 6 N–H and O–H groups in total. The second kappa shape index (κ2) is 9.50. The second-order valence-electron chi connectivity index (χ2n) is 6.70. The van der Waals surface area contributed by atoms with Crippen LogP contribution in [0.3, 0.4) is 0 Å². The summed E-state index contributed by atoms with van der Waals surface area (Å²) >= 11 is 0. The van der Waals surface area contributed by atoms with Gasteiger partial charge in [-0.15, -0.1) is 0 Å². The summed E-state index contributed by atoms with van der Waals surface area (Å²) in [5.41, 5.74) is 10.7. The lowest BCUT2D eigenvalue weighted by Crippen LogP contribution is -2.55. The highest BCUT2D eigenvalue weighted by molar-refractivity contribution is 5.92. The molecule has 0 bridgehead atoms. The van der Waals surface area contributed by atoms with Gasteiger partial charge in [0.1, 0.15) is 12.1 Å². The molecule has 1 aliphatic carbocycles. The van der Waals surface area contributed by atoms with Gasteiger partial charge in [0.25, 0.3) is 0 Å². The van der Waals surface area contributed by atoms with Crippen LogP contribution in [0.2, 0.25) is 0 Å². The van der Waals surface area contributed by atoms with E-state index in [9.17, 15) is 14.4 Å². The summed E-state index contributed by atoms with van der Waals surface area (Å²) in [5, 5.41) is 5.33. The SMILES string of the molecule is CC(C)C(NC(=O)C(CC1CCCCC1)NC(=O)CN)C(N)=O. The van der Waals surface area contributed by atoms with Crippen LogP contribution in [0.1, 0.15) is 52.4 Å². The molecule has 0 radical (unpaired) electrons. The molecule has 1 fully saturated rings. The van der Waals surface area contributed by atoms with Gasteiger partial charge in [0, 0.05) is 0 Å². The Bertz CT molecular complexity index is 420. The van der Waals surface area contributed by atoms with Crippen molar-refractivity contribution in [2.24, 2.45) is 23.3 Å². The van der Waals surface area contributed by atoms with Crippen molar-refractivity contribution < 1.29 is 14.4 Å². The van der Waals surface area contributed by atoms with Gasteiger partial charge in [-0.3, -0.25) is 14.4 Å². The number of rotatable bonds is 8. The topological polar surface area (TPSA) is 127 Å². The van der Waals surface area contributed by atoms with Gasteiger partial charge in [0.05, 0.1) is 6.54 Å². The van der Waals surface area contributed by atoms with Gasteiger partial charge in [-0.2, -0.15) is 0 Å². The highest BCUT2D eigenvalue weighted by Gasteiger charge is 2.29. The number of amides is 3. The molecule has 3 amide bonds. The van der Waals surface area contributed by atoms with E-state index in [1.807, 2.05) is 13.8 Å². The van der Waals surface area contributed by atoms with Crippen molar-refractivity contribution in [2.75, 3.05) is 6.54 Å². The summed E-state index contributed by atoms with van der Waals surface area (Å²) < 4.78 is 0. The molecule has 132 valence electrons. The van der Waals surface area contributed by atoms with E-state index in [0.717, 1.165) is 25.7 Å². The van der Waals surface area contributed by atoms with Crippen LogP contribution in [0.5, 0.6) is 0 Å². The van der Waals surface area contributed by atoms with Crippen molar-refractivity contribution >= 4 is 17.7 Å². The average molecular weight is 326 g/mol. The van der Waals surface area contributed by atoms with Crippen molar-refractivity contribution in [1.29, 1.82) is 0 Å².